The van der Waals surface area contributed by atoms with Crippen molar-refractivity contribution in [2.24, 2.45) is 0 Å². The number of aromatic nitrogens is 2. The summed E-state index contributed by atoms with van der Waals surface area (Å²) in [5, 5.41) is 0.636. The summed E-state index contributed by atoms with van der Waals surface area (Å²) in [7, 11) is 1.59. The van der Waals surface area contributed by atoms with Crippen molar-refractivity contribution < 1.29 is 14.3 Å². The van der Waals surface area contributed by atoms with Gasteiger partial charge in [-0.05, 0) is 31.2 Å². The molecule has 2 heterocycles. The van der Waals surface area contributed by atoms with Crippen LogP contribution < -0.4 is 14.4 Å². The first-order valence-corrected chi connectivity index (χ1v) is 8.74. The molecule has 138 valence electrons. The van der Waals surface area contributed by atoms with Crippen LogP contribution in [0.2, 0.25) is 5.02 Å². The van der Waals surface area contributed by atoms with Crippen molar-refractivity contribution in [3.8, 4) is 11.6 Å². The van der Waals surface area contributed by atoms with Crippen molar-refractivity contribution >= 4 is 23.3 Å². The molecule has 0 spiro atoms. The number of nitrogens with zero attached hydrogens (tertiary/aromatic N) is 4. The molecule has 1 aliphatic heterocycles. The number of aryl methyl sites for hydroxylation is 1. The smallest absolute Gasteiger partial charge is 0.260 e. The molecule has 1 aliphatic rings. The van der Waals surface area contributed by atoms with Crippen molar-refractivity contribution in [3.05, 3.63) is 41.2 Å². The van der Waals surface area contributed by atoms with Gasteiger partial charge in [-0.3, -0.25) is 4.79 Å². The zero-order valence-electron chi connectivity index (χ0n) is 14.8. The van der Waals surface area contributed by atoms with Crippen LogP contribution in [0.3, 0.4) is 0 Å². The first-order valence-electron chi connectivity index (χ1n) is 8.36. The molecule has 7 nitrogen and oxygen atoms in total. The number of piperazine rings is 1. The van der Waals surface area contributed by atoms with E-state index >= 15 is 0 Å². The number of carbonyl (C=O) groups is 1. The number of halogens is 1. The van der Waals surface area contributed by atoms with Crippen molar-refractivity contribution in [2.45, 2.75) is 6.92 Å². The first-order chi connectivity index (χ1) is 12.5. The van der Waals surface area contributed by atoms with E-state index in [0.29, 0.717) is 48.7 Å². The van der Waals surface area contributed by atoms with Crippen LogP contribution in [-0.4, -0.2) is 60.7 Å². The van der Waals surface area contributed by atoms with Gasteiger partial charge in [-0.15, -0.1) is 0 Å². The van der Waals surface area contributed by atoms with E-state index in [0.717, 1.165) is 5.82 Å². The van der Waals surface area contributed by atoms with Gasteiger partial charge in [0.25, 0.3) is 5.91 Å². The SMILES string of the molecule is COc1cc(N2CCN(C(=O)COc3ccc(Cl)cc3)CC2)nc(C)n1. The monoisotopic (exact) mass is 376 g/mol. The van der Waals surface area contributed by atoms with Gasteiger partial charge in [0.2, 0.25) is 5.88 Å². The summed E-state index contributed by atoms with van der Waals surface area (Å²) in [5.41, 5.74) is 0. The van der Waals surface area contributed by atoms with Crippen LogP contribution in [0.4, 0.5) is 5.82 Å². The second kappa shape index (κ2) is 8.23. The Morgan fingerprint density at radius 1 is 1.15 bits per heavy atom. The van der Waals surface area contributed by atoms with Gasteiger partial charge in [0, 0.05) is 37.3 Å². The minimum absolute atomic E-state index is 0.0159. The summed E-state index contributed by atoms with van der Waals surface area (Å²) >= 11 is 5.84. The van der Waals surface area contributed by atoms with Crippen molar-refractivity contribution in [2.75, 3.05) is 44.8 Å². The van der Waals surface area contributed by atoms with E-state index in [4.69, 9.17) is 21.1 Å². The van der Waals surface area contributed by atoms with Crippen LogP contribution in [0.1, 0.15) is 5.82 Å². The maximum Gasteiger partial charge on any atom is 0.260 e. The Labute approximate surface area is 157 Å². The fraction of sp³-hybridized carbons (Fsp3) is 0.389. The molecular formula is C18H21ClN4O3. The predicted octanol–water partition coefficient (Wildman–Crippen LogP) is 2.17. The highest BCUT2D eigenvalue weighted by atomic mass is 35.5. The van der Waals surface area contributed by atoms with E-state index in [-0.39, 0.29) is 12.5 Å². The van der Waals surface area contributed by atoms with Crippen molar-refractivity contribution in [3.63, 3.8) is 0 Å². The van der Waals surface area contributed by atoms with E-state index in [1.54, 1.807) is 36.3 Å². The molecule has 2 aromatic rings. The molecule has 0 N–H and O–H groups in total. The summed E-state index contributed by atoms with van der Waals surface area (Å²) in [6.07, 6.45) is 0. The summed E-state index contributed by atoms with van der Waals surface area (Å²) in [6.45, 7) is 4.49. The summed E-state index contributed by atoms with van der Waals surface area (Å²) < 4.78 is 10.7. The van der Waals surface area contributed by atoms with Crippen molar-refractivity contribution in [1.82, 2.24) is 14.9 Å². The highest BCUT2D eigenvalue weighted by Crippen LogP contribution is 2.19. The molecule has 0 radical (unpaired) electrons. The molecule has 0 bridgehead atoms. The Kier molecular flexibility index (Phi) is 5.78. The van der Waals surface area contributed by atoms with Gasteiger partial charge in [-0.2, -0.15) is 4.98 Å². The Bertz CT molecular complexity index is 762. The normalized spacial score (nSPS) is 14.3. The quantitative estimate of drug-likeness (QED) is 0.796. The molecular weight excluding hydrogens is 356 g/mol. The third-order valence-electron chi connectivity index (χ3n) is 4.14. The third kappa shape index (κ3) is 4.54. The Balaban J connectivity index is 1.52. The van der Waals surface area contributed by atoms with Crippen LogP contribution in [0, 0.1) is 6.92 Å². The minimum atomic E-state index is -0.0314. The lowest BCUT2D eigenvalue weighted by Gasteiger charge is -2.35. The number of hydrogen-bond acceptors (Lipinski definition) is 6. The van der Waals surface area contributed by atoms with Crippen LogP contribution in [-0.2, 0) is 4.79 Å². The molecule has 0 saturated carbocycles. The standard InChI is InChI=1S/C18H21ClN4O3/c1-13-20-16(11-17(21-13)25-2)22-7-9-23(10-8-22)18(24)12-26-15-5-3-14(19)4-6-15/h3-6,11H,7-10,12H2,1-2H3. The average molecular weight is 377 g/mol. The summed E-state index contributed by atoms with van der Waals surface area (Å²) in [4.78, 5) is 24.9. The van der Waals surface area contributed by atoms with Crippen LogP contribution in [0.25, 0.3) is 0 Å². The van der Waals surface area contributed by atoms with E-state index < -0.39 is 0 Å². The van der Waals surface area contributed by atoms with Gasteiger partial charge in [0.05, 0.1) is 7.11 Å². The third-order valence-corrected chi connectivity index (χ3v) is 4.39. The van der Waals surface area contributed by atoms with Crippen LogP contribution in [0.5, 0.6) is 11.6 Å². The Morgan fingerprint density at radius 3 is 2.50 bits per heavy atom. The molecule has 1 fully saturated rings. The van der Waals surface area contributed by atoms with E-state index in [1.807, 2.05) is 13.0 Å². The zero-order chi connectivity index (χ0) is 18.5. The number of carbonyl (C=O) groups excluding carboxylic acids is 1. The molecule has 1 aromatic carbocycles. The number of ether oxygens (including phenoxy) is 2. The Hall–Kier alpha value is -2.54. The van der Waals surface area contributed by atoms with E-state index in [1.165, 1.54) is 0 Å². The van der Waals surface area contributed by atoms with Crippen molar-refractivity contribution in [1.29, 1.82) is 0 Å². The number of benzene rings is 1. The molecule has 0 unspecified atom stereocenters. The van der Waals surface area contributed by atoms with Crippen LogP contribution >= 0.6 is 11.6 Å². The summed E-state index contributed by atoms with van der Waals surface area (Å²) in [5.74, 6) is 2.62. The summed E-state index contributed by atoms with van der Waals surface area (Å²) in [6, 6.07) is 8.78. The zero-order valence-corrected chi connectivity index (χ0v) is 15.6. The molecule has 0 atom stereocenters. The lowest BCUT2D eigenvalue weighted by Crippen LogP contribution is -2.50. The van der Waals surface area contributed by atoms with Gasteiger partial charge in [0.15, 0.2) is 6.61 Å². The van der Waals surface area contributed by atoms with Gasteiger partial charge in [-0.1, -0.05) is 11.6 Å². The highest BCUT2D eigenvalue weighted by molar-refractivity contribution is 6.30. The minimum Gasteiger partial charge on any atom is -0.484 e. The maximum absolute atomic E-state index is 12.3. The lowest BCUT2D eigenvalue weighted by atomic mass is 10.3. The molecule has 8 heteroatoms. The van der Waals surface area contributed by atoms with E-state index in [9.17, 15) is 4.79 Å². The number of methoxy groups -OCH3 is 1. The van der Waals surface area contributed by atoms with Gasteiger partial charge >= 0.3 is 0 Å². The van der Waals surface area contributed by atoms with Crippen LogP contribution in [0.15, 0.2) is 30.3 Å². The van der Waals surface area contributed by atoms with Gasteiger partial charge < -0.3 is 19.3 Å². The number of anilines is 1. The Morgan fingerprint density at radius 2 is 1.85 bits per heavy atom. The maximum atomic E-state index is 12.3. The second-order valence-electron chi connectivity index (χ2n) is 5.93. The first kappa shape index (κ1) is 18.3. The number of amides is 1. The van der Waals surface area contributed by atoms with Gasteiger partial charge in [-0.25, -0.2) is 4.98 Å². The topological polar surface area (TPSA) is 67.8 Å². The molecule has 3 rings (SSSR count). The lowest BCUT2D eigenvalue weighted by molar-refractivity contribution is -0.133. The number of rotatable bonds is 5. The van der Waals surface area contributed by atoms with Gasteiger partial charge in [0.1, 0.15) is 17.4 Å². The fourth-order valence-electron chi connectivity index (χ4n) is 2.74. The number of hydrogen-bond donors (Lipinski definition) is 0. The second-order valence-corrected chi connectivity index (χ2v) is 6.36. The fourth-order valence-corrected chi connectivity index (χ4v) is 2.87. The molecule has 1 aromatic heterocycles. The highest BCUT2D eigenvalue weighted by Gasteiger charge is 2.23. The molecule has 1 amide bonds. The van der Waals surface area contributed by atoms with E-state index in [2.05, 4.69) is 14.9 Å². The largest absolute Gasteiger partial charge is 0.484 e. The molecule has 1 saturated heterocycles. The predicted molar refractivity (Wildman–Crippen MR) is 99.1 cm³/mol. The molecule has 0 aliphatic carbocycles. The molecule has 26 heavy (non-hydrogen) atoms. The average Bonchev–Trinajstić information content (AvgIpc) is 2.67.